The fourth-order valence-corrected chi connectivity index (χ4v) is 3.49. The van der Waals surface area contributed by atoms with Gasteiger partial charge in [-0.25, -0.2) is 22.6 Å². The molecule has 1 fully saturated rings. The van der Waals surface area contributed by atoms with E-state index in [1.165, 1.54) is 0 Å². The zero-order chi connectivity index (χ0) is 16.3. The van der Waals surface area contributed by atoms with E-state index in [0.717, 1.165) is 12.1 Å². The average Bonchev–Trinajstić information content (AvgIpc) is 2.93. The molecule has 0 amide bonds. The maximum Gasteiger partial charge on any atom is 0.313 e. The van der Waals surface area contributed by atoms with Crippen LogP contribution in [-0.2, 0) is 19.6 Å². The van der Waals surface area contributed by atoms with Crippen molar-refractivity contribution in [3.8, 4) is 0 Å². The largest absolute Gasteiger partial charge is 0.466 e. The molecule has 0 saturated carbocycles. The van der Waals surface area contributed by atoms with Crippen molar-refractivity contribution in [1.29, 1.82) is 0 Å². The third-order valence-electron chi connectivity index (χ3n) is 3.04. The van der Waals surface area contributed by atoms with Crippen LogP contribution in [0.3, 0.4) is 0 Å². The lowest BCUT2D eigenvalue weighted by molar-refractivity contribution is -0.147. The fraction of sp³-hybridized carbons (Fsp3) is 0.417. The lowest BCUT2D eigenvalue weighted by atomic mass is 10.2. The van der Waals surface area contributed by atoms with Crippen LogP contribution in [0, 0.1) is 17.6 Å². The Morgan fingerprint density at radius 1 is 1.45 bits per heavy atom. The summed E-state index contributed by atoms with van der Waals surface area (Å²) in [5.74, 6) is -3.42. The minimum absolute atomic E-state index is 0.0377. The van der Waals surface area contributed by atoms with Crippen LogP contribution in [0.25, 0.3) is 0 Å². The molecule has 10 heteroatoms. The van der Waals surface area contributed by atoms with Crippen molar-refractivity contribution in [3.05, 3.63) is 29.8 Å². The summed E-state index contributed by atoms with van der Waals surface area (Å²) in [5, 5.41) is -1.37. The van der Waals surface area contributed by atoms with Crippen molar-refractivity contribution in [3.63, 3.8) is 0 Å². The predicted octanol–water partition coefficient (Wildman–Crippen LogP) is 0.320. The molecule has 3 N–H and O–H groups in total. The van der Waals surface area contributed by atoms with E-state index in [-0.39, 0.29) is 13.2 Å². The molecule has 2 unspecified atom stereocenters. The summed E-state index contributed by atoms with van der Waals surface area (Å²) in [6, 6.07) is 2.38. The van der Waals surface area contributed by atoms with E-state index in [1.54, 1.807) is 6.92 Å². The van der Waals surface area contributed by atoms with E-state index in [1.807, 2.05) is 4.72 Å². The molecule has 1 aromatic carbocycles. The second-order valence-corrected chi connectivity index (χ2v) is 6.38. The molecule has 122 valence electrons. The highest BCUT2D eigenvalue weighted by Gasteiger charge is 2.43. The van der Waals surface area contributed by atoms with E-state index >= 15 is 0 Å². The van der Waals surface area contributed by atoms with Crippen molar-refractivity contribution in [2.24, 2.45) is 5.92 Å². The molecule has 1 aliphatic rings. The molecular formula is C12H15F2N3O4S. The van der Waals surface area contributed by atoms with Crippen LogP contribution in [0.15, 0.2) is 18.2 Å². The summed E-state index contributed by atoms with van der Waals surface area (Å²) in [6.07, 6.45) is 0. The highest BCUT2D eigenvalue weighted by atomic mass is 32.2. The van der Waals surface area contributed by atoms with Crippen molar-refractivity contribution < 1.29 is 26.7 Å². The molecule has 0 aromatic heterocycles. The summed E-state index contributed by atoms with van der Waals surface area (Å²) in [6.45, 7) is 1.74. The van der Waals surface area contributed by atoms with E-state index in [4.69, 9.17) is 4.74 Å². The van der Waals surface area contributed by atoms with Crippen molar-refractivity contribution in [2.45, 2.75) is 12.3 Å². The number of carbonyl (C=O) groups excluding carboxylic acids is 1. The number of halogens is 2. The maximum absolute atomic E-state index is 13.5. The first-order valence-corrected chi connectivity index (χ1v) is 8.01. The first-order valence-electron chi connectivity index (χ1n) is 6.47. The molecule has 0 bridgehead atoms. The number of esters is 1. The number of hydrogen-bond donors (Lipinski definition) is 3. The molecule has 7 nitrogen and oxygen atoms in total. The molecule has 22 heavy (non-hydrogen) atoms. The Kier molecular flexibility index (Phi) is 4.94. The molecule has 1 aliphatic heterocycles. The van der Waals surface area contributed by atoms with E-state index in [2.05, 4.69) is 10.9 Å². The van der Waals surface area contributed by atoms with Gasteiger partial charge in [0.1, 0.15) is 17.6 Å². The Hall–Kier alpha value is -1.78. The molecule has 0 aliphatic carbocycles. The van der Waals surface area contributed by atoms with Gasteiger partial charge in [-0.3, -0.25) is 14.9 Å². The smallest absolute Gasteiger partial charge is 0.313 e. The molecule has 0 spiro atoms. The topological polar surface area (TPSA) is 96.5 Å². The minimum Gasteiger partial charge on any atom is -0.466 e. The van der Waals surface area contributed by atoms with Crippen LogP contribution in [-0.4, -0.2) is 32.9 Å². The number of hydrogen-bond acceptors (Lipinski definition) is 6. The van der Waals surface area contributed by atoms with Crippen LogP contribution in [0.2, 0.25) is 0 Å². The Balaban J connectivity index is 2.22. The number of sulfonamides is 1. The van der Waals surface area contributed by atoms with Gasteiger partial charge in [-0.1, -0.05) is 0 Å². The van der Waals surface area contributed by atoms with Crippen molar-refractivity contribution >= 4 is 21.7 Å². The number of ether oxygens (including phenoxy) is 1. The molecule has 1 saturated heterocycles. The fourth-order valence-electron chi connectivity index (χ4n) is 2.02. The van der Waals surface area contributed by atoms with Gasteiger partial charge in [-0.05, 0) is 19.1 Å². The molecule has 2 rings (SSSR count). The zero-order valence-electron chi connectivity index (χ0n) is 11.6. The lowest BCUT2D eigenvalue weighted by Gasteiger charge is -2.18. The van der Waals surface area contributed by atoms with Crippen LogP contribution < -0.4 is 15.6 Å². The second-order valence-electron chi connectivity index (χ2n) is 4.58. The number of anilines is 1. The second kappa shape index (κ2) is 6.55. The summed E-state index contributed by atoms with van der Waals surface area (Å²) >= 11 is 0. The highest BCUT2D eigenvalue weighted by Crippen LogP contribution is 2.22. The Labute approximate surface area is 126 Å². The molecule has 0 radical (unpaired) electrons. The molecule has 1 heterocycles. The number of nitrogens with one attached hydrogen (secondary N) is 3. The van der Waals surface area contributed by atoms with Gasteiger partial charge in [0.25, 0.3) is 10.0 Å². The zero-order valence-corrected chi connectivity index (χ0v) is 12.4. The van der Waals surface area contributed by atoms with Gasteiger partial charge in [0.15, 0.2) is 5.37 Å². The van der Waals surface area contributed by atoms with E-state index in [0.29, 0.717) is 6.07 Å². The normalized spacial score (nSPS) is 21.6. The first-order chi connectivity index (χ1) is 10.3. The number of rotatable bonds is 5. The number of hydrazine groups is 1. The monoisotopic (exact) mass is 335 g/mol. The van der Waals surface area contributed by atoms with Gasteiger partial charge in [0.2, 0.25) is 0 Å². The summed E-state index contributed by atoms with van der Waals surface area (Å²) in [4.78, 5) is 11.7. The standard InChI is InChI=1S/C12H15F2N3O4S/c1-2-21-12(18)8-6-15-16-11(8)22(19,20)17-10-5-7(13)3-4-9(10)14/h3-5,8,11,15-17H,2,6H2,1H3. The Morgan fingerprint density at radius 2 is 2.18 bits per heavy atom. The first kappa shape index (κ1) is 16.6. The van der Waals surface area contributed by atoms with Gasteiger partial charge in [-0.15, -0.1) is 0 Å². The minimum atomic E-state index is -4.20. The van der Waals surface area contributed by atoms with Crippen LogP contribution >= 0.6 is 0 Å². The van der Waals surface area contributed by atoms with Gasteiger partial charge in [0, 0.05) is 12.6 Å². The summed E-state index contributed by atoms with van der Waals surface area (Å²) < 4.78 is 57.9. The SMILES string of the molecule is CCOC(=O)C1CNNC1S(=O)(=O)Nc1cc(F)ccc1F. The van der Waals surface area contributed by atoms with Gasteiger partial charge < -0.3 is 4.74 Å². The molecule has 2 atom stereocenters. The quantitative estimate of drug-likeness (QED) is 0.671. The van der Waals surface area contributed by atoms with Crippen molar-refractivity contribution in [2.75, 3.05) is 17.9 Å². The van der Waals surface area contributed by atoms with Crippen LogP contribution in [0.5, 0.6) is 0 Å². The van der Waals surface area contributed by atoms with E-state index in [9.17, 15) is 22.0 Å². The Bertz CT molecular complexity index is 668. The molecular weight excluding hydrogens is 320 g/mol. The lowest BCUT2D eigenvalue weighted by Crippen LogP contribution is -2.44. The maximum atomic E-state index is 13.5. The predicted molar refractivity (Wildman–Crippen MR) is 73.9 cm³/mol. The van der Waals surface area contributed by atoms with Crippen LogP contribution in [0.4, 0.5) is 14.5 Å². The van der Waals surface area contributed by atoms with Gasteiger partial charge in [0.05, 0.1) is 12.3 Å². The van der Waals surface area contributed by atoms with Gasteiger partial charge >= 0.3 is 5.97 Å². The van der Waals surface area contributed by atoms with E-state index < -0.39 is 44.6 Å². The van der Waals surface area contributed by atoms with Gasteiger partial charge in [-0.2, -0.15) is 0 Å². The number of benzene rings is 1. The molecule has 1 aromatic rings. The summed E-state index contributed by atoms with van der Waals surface area (Å²) in [5.41, 5.74) is 4.43. The average molecular weight is 335 g/mol. The van der Waals surface area contributed by atoms with Crippen LogP contribution in [0.1, 0.15) is 6.92 Å². The third kappa shape index (κ3) is 3.51. The third-order valence-corrected chi connectivity index (χ3v) is 4.66. The summed E-state index contributed by atoms with van der Waals surface area (Å²) in [7, 11) is -4.20. The van der Waals surface area contributed by atoms with Crippen molar-refractivity contribution in [1.82, 2.24) is 10.9 Å². The Morgan fingerprint density at radius 3 is 2.86 bits per heavy atom. The number of carbonyl (C=O) groups is 1. The highest BCUT2D eigenvalue weighted by molar-refractivity contribution is 7.93.